The van der Waals surface area contributed by atoms with Crippen LogP contribution in [0.25, 0.3) is 0 Å². The molecular weight excluding hydrogens is 657 g/mol. The average Bonchev–Trinajstić information content (AvgIpc) is 2.90. The Hall–Kier alpha value is -0.516. The minimum atomic E-state index is -2.93. The monoisotopic (exact) mass is 723 g/mol. The molecule has 1 aromatic rings. The number of phenolic OH excluding ortho intramolecular Hbond substituents is 2. The Bertz CT molecular complexity index is 1060. The number of aromatic hydroxyl groups is 2. The lowest BCUT2D eigenvalue weighted by molar-refractivity contribution is -0.210. The Morgan fingerprint density at radius 2 is 1.39 bits per heavy atom. The van der Waals surface area contributed by atoms with Crippen LogP contribution in [0.2, 0.25) is 71.0 Å². The van der Waals surface area contributed by atoms with Crippen LogP contribution in [0.5, 0.6) is 11.5 Å². The Morgan fingerprint density at radius 3 is 1.87 bits per heavy atom. The smallest absolute Gasteiger partial charge is 0.278 e. The number of rotatable bonds is 20. The second-order valence-corrected chi connectivity index (χ2v) is 29.6. The van der Waals surface area contributed by atoms with Crippen LogP contribution in [0.4, 0.5) is 0 Å². The molecule has 0 amide bonds. The van der Waals surface area contributed by atoms with Crippen molar-refractivity contribution in [3.05, 3.63) is 34.9 Å². The number of phenols is 2. The first-order chi connectivity index (χ1) is 21.4. The molecular formula is C35H67O6Si5. The Morgan fingerprint density at radius 1 is 0.870 bits per heavy atom. The summed E-state index contributed by atoms with van der Waals surface area (Å²) in [5.74, 6) is 0.782. The first-order valence-corrected chi connectivity index (χ1v) is 30.7. The molecule has 3 radical (unpaired) electrons. The van der Waals surface area contributed by atoms with Crippen LogP contribution < -0.4 is 0 Å². The molecule has 0 bridgehead atoms. The summed E-state index contributed by atoms with van der Waals surface area (Å²) in [5.41, 5.74) is 1.83. The maximum absolute atomic E-state index is 11.4. The Labute approximate surface area is 290 Å². The van der Waals surface area contributed by atoms with Gasteiger partial charge in [-0.3, -0.25) is 0 Å². The van der Waals surface area contributed by atoms with Crippen molar-refractivity contribution in [2.24, 2.45) is 11.8 Å². The topological polar surface area (TPSA) is 77.4 Å². The standard InChI is InChI=1S/C35H67O6Si5/c1-14-16-18-19-29-24-32(36)34(33(37)25-29)31-23-27(3)20-21-30(31)28(4)26-46(13,41-45(11,12)22-17-15-2)35(38-42(5)6,39-43(7)8)40-44(9)10/h23-25,28,30-31,36-37H,14-22,26H2,1-13H3/t28-,30-,31-,46?/m0/s1. The van der Waals surface area contributed by atoms with E-state index < -0.39 is 49.4 Å². The van der Waals surface area contributed by atoms with E-state index in [1.807, 2.05) is 12.1 Å². The third kappa shape index (κ3) is 11.8. The molecule has 0 saturated carbocycles. The van der Waals surface area contributed by atoms with Crippen molar-refractivity contribution in [2.75, 3.05) is 0 Å². The van der Waals surface area contributed by atoms with Gasteiger partial charge in [0.15, 0.2) is 8.32 Å². The van der Waals surface area contributed by atoms with Crippen molar-refractivity contribution in [3.8, 4) is 11.5 Å². The molecule has 0 fully saturated rings. The van der Waals surface area contributed by atoms with Gasteiger partial charge in [-0.05, 0) is 133 Å². The summed E-state index contributed by atoms with van der Waals surface area (Å²) in [6.45, 7) is 29.0. The molecule has 1 aromatic carbocycles. The average molecular weight is 724 g/mol. The van der Waals surface area contributed by atoms with Gasteiger partial charge in [0.1, 0.15) is 11.5 Å². The Kier molecular flexibility index (Phi) is 16.7. The van der Waals surface area contributed by atoms with Crippen LogP contribution in [0, 0.1) is 11.8 Å². The van der Waals surface area contributed by atoms with E-state index in [-0.39, 0.29) is 29.3 Å². The maximum atomic E-state index is 11.4. The van der Waals surface area contributed by atoms with Crippen molar-refractivity contribution in [3.63, 3.8) is 0 Å². The van der Waals surface area contributed by atoms with Gasteiger partial charge in [-0.1, -0.05) is 58.1 Å². The third-order valence-corrected chi connectivity index (χ3v) is 20.4. The number of unbranched alkanes of at least 4 members (excludes halogenated alkanes) is 3. The fraction of sp³-hybridized carbons (Fsp3) is 0.771. The van der Waals surface area contributed by atoms with Gasteiger partial charge in [0.05, 0.1) is 0 Å². The highest BCUT2D eigenvalue weighted by molar-refractivity contribution is 6.87. The molecule has 0 aliphatic heterocycles. The molecule has 46 heavy (non-hydrogen) atoms. The number of benzene rings is 1. The highest BCUT2D eigenvalue weighted by atomic mass is 28.4. The molecule has 1 aliphatic carbocycles. The maximum Gasteiger partial charge on any atom is 0.278 e. The second-order valence-electron chi connectivity index (χ2n) is 15.2. The lowest BCUT2D eigenvalue weighted by Gasteiger charge is -2.52. The van der Waals surface area contributed by atoms with Gasteiger partial charge in [0.2, 0.25) is 27.1 Å². The molecule has 0 aromatic heterocycles. The minimum absolute atomic E-state index is 0.0832. The van der Waals surface area contributed by atoms with Gasteiger partial charge in [-0.15, -0.1) is 0 Å². The summed E-state index contributed by atoms with van der Waals surface area (Å²) >= 11 is 0. The fourth-order valence-corrected chi connectivity index (χ4v) is 22.9. The zero-order chi connectivity index (χ0) is 34.9. The summed E-state index contributed by atoms with van der Waals surface area (Å²) in [6.07, 6.45) is 10.8. The van der Waals surface area contributed by atoms with Gasteiger partial charge in [-0.2, -0.15) is 0 Å². The zero-order valence-corrected chi connectivity index (χ0v) is 36.6. The number of hydrogen-bond donors (Lipinski definition) is 2. The van der Waals surface area contributed by atoms with Crippen LogP contribution in [0.15, 0.2) is 23.8 Å². The molecule has 6 nitrogen and oxygen atoms in total. The van der Waals surface area contributed by atoms with Crippen molar-refractivity contribution in [2.45, 2.75) is 162 Å². The van der Waals surface area contributed by atoms with Crippen LogP contribution in [0.1, 0.15) is 89.7 Å². The zero-order valence-electron chi connectivity index (χ0n) is 31.6. The summed E-state index contributed by atoms with van der Waals surface area (Å²) in [4.78, 5) is 0. The predicted molar refractivity (Wildman–Crippen MR) is 205 cm³/mol. The van der Waals surface area contributed by atoms with Crippen LogP contribution in [-0.2, 0) is 23.8 Å². The van der Waals surface area contributed by atoms with E-state index in [0.29, 0.717) is 5.56 Å². The van der Waals surface area contributed by atoms with Crippen molar-refractivity contribution < 1.29 is 27.6 Å². The van der Waals surface area contributed by atoms with E-state index >= 15 is 0 Å². The van der Waals surface area contributed by atoms with E-state index in [1.54, 1.807) is 0 Å². The molecule has 2 rings (SSSR count). The summed E-state index contributed by atoms with van der Waals surface area (Å²) in [5, 5.41) is 22.8. The quantitative estimate of drug-likeness (QED) is 0.0604. The SMILES string of the molecule is CCCCCc1cc(O)c([C@H]2C=C(C)CC[C@H]2[C@@H](C)C[Si](C)(O[Si](C)(C)CCCC)C(O[Si](C)C)(O[Si](C)C)O[Si](C)C)c(O)c1. The molecule has 0 heterocycles. The van der Waals surface area contributed by atoms with E-state index in [0.717, 1.165) is 69.0 Å². The fourth-order valence-electron chi connectivity index (χ4n) is 7.22. The molecule has 1 unspecified atom stereocenters. The normalized spacial score (nSPS) is 20.0. The molecule has 1 aliphatic rings. The molecule has 2 N–H and O–H groups in total. The molecule has 0 saturated heterocycles. The van der Waals surface area contributed by atoms with Gasteiger partial charge in [0.25, 0.3) is 13.9 Å². The van der Waals surface area contributed by atoms with Crippen molar-refractivity contribution >= 4 is 43.8 Å². The Balaban J connectivity index is 2.65. The molecule has 0 spiro atoms. The van der Waals surface area contributed by atoms with Gasteiger partial charge in [-0.25, -0.2) is 0 Å². The summed E-state index contributed by atoms with van der Waals surface area (Å²) < 4.78 is 28.4. The first-order valence-electron chi connectivity index (χ1n) is 17.8. The van der Waals surface area contributed by atoms with E-state index in [9.17, 15) is 10.2 Å². The second kappa shape index (κ2) is 18.5. The predicted octanol–water partition coefficient (Wildman–Crippen LogP) is 10.5. The lowest BCUT2D eigenvalue weighted by Crippen LogP contribution is -2.70. The highest BCUT2D eigenvalue weighted by Gasteiger charge is 2.60. The lowest BCUT2D eigenvalue weighted by atomic mass is 9.71. The van der Waals surface area contributed by atoms with E-state index in [2.05, 4.69) is 92.7 Å². The first kappa shape index (κ1) is 41.7. The van der Waals surface area contributed by atoms with Crippen molar-refractivity contribution in [1.82, 2.24) is 0 Å². The number of aryl methyl sites for hydroxylation is 1. The van der Waals surface area contributed by atoms with Gasteiger partial charge >= 0.3 is 0 Å². The minimum Gasteiger partial charge on any atom is -0.507 e. The third-order valence-electron chi connectivity index (χ3n) is 9.14. The van der Waals surface area contributed by atoms with Crippen LogP contribution in [0.3, 0.4) is 0 Å². The summed E-state index contributed by atoms with van der Waals surface area (Å²) in [7, 11) is -8.64. The molecule has 4 atom stereocenters. The largest absolute Gasteiger partial charge is 0.507 e. The number of hydrogen-bond acceptors (Lipinski definition) is 6. The summed E-state index contributed by atoms with van der Waals surface area (Å²) in [6, 6.07) is 5.69. The van der Waals surface area contributed by atoms with E-state index in [1.165, 1.54) is 5.57 Å². The van der Waals surface area contributed by atoms with Crippen LogP contribution >= 0.6 is 0 Å². The highest BCUT2D eigenvalue weighted by Crippen LogP contribution is 2.50. The van der Waals surface area contributed by atoms with Gasteiger partial charge in [0, 0.05) is 11.5 Å². The molecule has 263 valence electrons. The van der Waals surface area contributed by atoms with Crippen LogP contribution in [-0.4, -0.2) is 59.6 Å². The number of allylic oxidation sites excluding steroid dienone is 2. The van der Waals surface area contributed by atoms with Gasteiger partial charge < -0.3 is 27.6 Å². The molecule has 11 heteroatoms. The van der Waals surface area contributed by atoms with E-state index in [4.69, 9.17) is 17.4 Å². The van der Waals surface area contributed by atoms with Crippen molar-refractivity contribution in [1.29, 1.82) is 0 Å².